The molecule has 0 spiro atoms. The van der Waals surface area contributed by atoms with Crippen LogP contribution in [0.25, 0.3) is 11.1 Å². The lowest BCUT2D eigenvalue weighted by Crippen LogP contribution is -2.20. The molecule has 3 unspecified atom stereocenters. The zero-order valence-corrected chi connectivity index (χ0v) is 21.1. The van der Waals surface area contributed by atoms with Crippen LogP contribution < -0.4 is 0 Å². The second-order valence-corrected chi connectivity index (χ2v) is 10.2. The molecular formula is C31H37F3O. The Morgan fingerprint density at radius 3 is 1.94 bits per heavy atom. The van der Waals surface area contributed by atoms with Crippen molar-refractivity contribution in [3.05, 3.63) is 89.5 Å². The van der Waals surface area contributed by atoms with Crippen molar-refractivity contribution in [2.24, 2.45) is 17.8 Å². The summed E-state index contributed by atoms with van der Waals surface area (Å²) >= 11 is 0. The van der Waals surface area contributed by atoms with Gasteiger partial charge in [-0.15, -0.1) is 0 Å². The van der Waals surface area contributed by atoms with Gasteiger partial charge in [-0.05, 0) is 77.3 Å². The van der Waals surface area contributed by atoms with Crippen LogP contribution in [0.3, 0.4) is 0 Å². The molecule has 0 aliphatic rings. The van der Waals surface area contributed by atoms with E-state index >= 15 is 0 Å². The minimum atomic E-state index is -4.62. The molecule has 0 saturated heterocycles. The molecule has 0 aliphatic carbocycles. The first-order valence-electron chi connectivity index (χ1n) is 12.6. The smallest absolute Gasteiger partial charge is 0.420 e. The number of aromatic hydroxyl groups is 1. The number of hydrogen-bond donors (Lipinski definition) is 1. The van der Waals surface area contributed by atoms with Gasteiger partial charge in [0.15, 0.2) is 0 Å². The standard InChI is InChI=1S/C31H37F3O/c1-5-24(22(4)17-23-12-8-6-9-13-23)18-27(16-21(2)3)28-19-26(25-14-10-7-11-15-25)20-29(35)30(28)31(32,33)34/h6-15,19-22,24,27,35H,5,16-18H2,1-4H3. The zero-order valence-electron chi connectivity index (χ0n) is 21.1. The van der Waals surface area contributed by atoms with E-state index in [4.69, 9.17) is 0 Å². The number of hydrogen-bond acceptors (Lipinski definition) is 1. The van der Waals surface area contributed by atoms with Gasteiger partial charge in [-0.2, -0.15) is 13.2 Å². The van der Waals surface area contributed by atoms with Crippen LogP contribution in [-0.2, 0) is 12.6 Å². The molecule has 0 aliphatic heterocycles. The summed E-state index contributed by atoms with van der Waals surface area (Å²) in [6.45, 7) is 8.43. The normalized spacial score (nSPS) is 14.6. The first-order valence-corrected chi connectivity index (χ1v) is 12.6. The van der Waals surface area contributed by atoms with Gasteiger partial charge < -0.3 is 5.11 Å². The molecule has 3 aromatic rings. The fourth-order valence-corrected chi connectivity index (χ4v) is 5.32. The molecule has 0 radical (unpaired) electrons. The van der Waals surface area contributed by atoms with Crippen LogP contribution in [0.15, 0.2) is 72.8 Å². The fourth-order valence-electron chi connectivity index (χ4n) is 5.32. The fraction of sp³-hybridized carbons (Fsp3) is 0.419. The van der Waals surface area contributed by atoms with Crippen molar-refractivity contribution in [3.8, 4) is 16.9 Å². The van der Waals surface area contributed by atoms with Gasteiger partial charge in [-0.25, -0.2) is 0 Å². The molecule has 188 valence electrons. The molecule has 1 nitrogen and oxygen atoms in total. The average Bonchev–Trinajstić information content (AvgIpc) is 2.81. The van der Waals surface area contributed by atoms with E-state index in [-0.39, 0.29) is 23.3 Å². The second kappa shape index (κ2) is 11.8. The van der Waals surface area contributed by atoms with Crippen LogP contribution in [0.5, 0.6) is 5.75 Å². The maximum atomic E-state index is 14.2. The highest BCUT2D eigenvalue weighted by atomic mass is 19.4. The molecule has 0 amide bonds. The van der Waals surface area contributed by atoms with E-state index in [0.717, 1.165) is 18.4 Å². The maximum Gasteiger partial charge on any atom is 0.420 e. The molecule has 0 aromatic heterocycles. The molecule has 35 heavy (non-hydrogen) atoms. The van der Waals surface area contributed by atoms with Gasteiger partial charge in [0.2, 0.25) is 0 Å². The van der Waals surface area contributed by atoms with E-state index in [1.165, 1.54) is 11.6 Å². The summed E-state index contributed by atoms with van der Waals surface area (Å²) in [5.74, 6) is -0.164. The lowest BCUT2D eigenvalue weighted by atomic mass is 9.75. The van der Waals surface area contributed by atoms with Crippen molar-refractivity contribution in [2.75, 3.05) is 0 Å². The summed E-state index contributed by atoms with van der Waals surface area (Å²) < 4.78 is 42.7. The number of phenols is 1. The van der Waals surface area contributed by atoms with Crippen LogP contribution >= 0.6 is 0 Å². The van der Waals surface area contributed by atoms with Gasteiger partial charge in [0.25, 0.3) is 0 Å². The predicted molar refractivity (Wildman–Crippen MR) is 138 cm³/mol. The quantitative estimate of drug-likeness (QED) is 0.305. The highest BCUT2D eigenvalue weighted by Gasteiger charge is 2.39. The SMILES string of the molecule is CCC(CC(CC(C)C)c1cc(-c2ccccc2)cc(O)c1C(F)(F)F)C(C)Cc1ccccc1. The largest absolute Gasteiger partial charge is 0.507 e. The van der Waals surface area contributed by atoms with E-state index < -0.39 is 17.5 Å². The van der Waals surface area contributed by atoms with E-state index in [1.54, 1.807) is 6.07 Å². The van der Waals surface area contributed by atoms with Crippen molar-refractivity contribution < 1.29 is 18.3 Å². The van der Waals surface area contributed by atoms with Crippen LogP contribution in [-0.4, -0.2) is 5.11 Å². The summed E-state index contributed by atoms with van der Waals surface area (Å²) in [6.07, 6.45) is -1.54. The number of phenolic OH excluding ortho intramolecular Hbond substituents is 1. The summed E-state index contributed by atoms with van der Waals surface area (Å²) in [5, 5.41) is 10.6. The van der Waals surface area contributed by atoms with Crippen molar-refractivity contribution in [1.29, 1.82) is 0 Å². The van der Waals surface area contributed by atoms with Crippen LogP contribution in [0.4, 0.5) is 13.2 Å². The van der Waals surface area contributed by atoms with Gasteiger partial charge in [0.05, 0.1) is 0 Å². The second-order valence-electron chi connectivity index (χ2n) is 10.2. The third-order valence-electron chi connectivity index (χ3n) is 7.05. The molecule has 0 bridgehead atoms. The minimum Gasteiger partial charge on any atom is -0.507 e. The van der Waals surface area contributed by atoms with Gasteiger partial charge in [0.1, 0.15) is 11.3 Å². The van der Waals surface area contributed by atoms with Crippen molar-refractivity contribution in [1.82, 2.24) is 0 Å². The molecule has 0 saturated carbocycles. The molecule has 3 aromatic carbocycles. The Labute approximate surface area is 208 Å². The first-order chi connectivity index (χ1) is 16.6. The molecular weight excluding hydrogens is 445 g/mol. The van der Waals surface area contributed by atoms with Crippen LogP contribution in [0.2, 0.25) is 0 Å². The van der Waals surface area contributed by atoms with Crippen LogP contribution in [0.1, 0.15) is 69.6 Å². The van der Waals surface area contributed by atoms with E-state index in [1.807, 2.05) is 48.5 Å². The minimum absolute atomic E-state index is 0.218. The Balaban J connectivity index is 2.03. The van der Waals surface area contributed by atoms with Crippen LogP contribution in [0, 0.1) is 17.8 Å². The summed E-state index contributed by atoms with van der Waals surface area (Å²) in [6, 6.07) is 22.5. The van der Waals surface area contributed by atoms with Crippen molar-refractivity contribution in [2.45, 2.75) is 65.5 Å². The number of halogens is 3. The highest BCUT2D eigenvalue weighted by Crippen LogP contribution is 2.47. The molecule has 3 atom stereocenters. The Morgan fingerprint density at radius 2 is 1.40 bits per heavy atom. The molecule has 0 heterocycles. The molecule has 0 fully saturated rings. The average molecular weight is 483 g/mol. The van der Waals surface area contributed by atoms with Gasteiger partial charge in [-0.3, -0.25) is 0 Å². The summed E-state index contributed by atoms with van der Waals surface area (Å²) in [4.78, 5) is 0. The first kappa shape index (κ1) is 26.8. The molecule has 3 rings (SSSR count). The zero-order chi connectivity index (χ0) is 25.6. The lowest BCUT2D eigenvalue weighted by molar-refractivity contribution is -0.139. The van der Waals surface area contributed by atoms with Crippen molar-refractivity contribution in [3.63, 3.8) is 0 Å². The van der Waals surface area contributed by atoms with E-state index in [9.17, 15) is 18.3 Å². The molecule has 4 heteroatoms. The Morgan fingerprint density at radius 1 is 0.800 bits per heavy atom. The number of alkyl halides is 3. The van der Waals surface area contributed by atoms with Gasteiger partial charge >= 0.3 is 6.18 Å². The van der Waals surface area contributed by atoms with Gasteiger partial charge in [0, 0.05) is 0 Å². The maximum absolute atomic E-state index is 14.2. The van der Waals surface area contributed by atoms with Gasteiger partial charge in [-0.1, -0.05) is 94.8 Å². The molecule has 1 N–H and O–H groups in total. The Hall–Kier alpha value is -2.75. The highest BCUT2D eigenvalue weighted by molar-refractivity contribution is 5.68. The topological polar surface area (TPSA) is 20.2 Å². The number of rotatable bonds is 10. The monoisotopic (exact) mass is 482 g/mol. The summed E-state index contributed by atoms with van der Waals surface area (Å²) in [7, 11) is 0. The van der Waals surface area contributed by atoms with Crippen molar-refractivity contribution >= 4 is 0 Å². The van der Waals surface area contributed by atoms with E-state index in [0.29, 0.717) is 24.3 Å². The predicted octanol–water partition coefficient (Wildman–Crippen LogP) is 9.50. The Bertz CT molecular complexity index is 1060. The summed E-state index contributed by atoms with van der Waals surface area (Å²) in [5.41, 5.74) is 2.00. The third kappa shape index (κ3) is 7.13. The number of benzene rings is 3. The Kier molecular flexibility index (Phi) is 9.04. The lowest BCUT2D eigenvalue weighted by Gasteiger charge is -2.31. The third-order valence-corrected chi connectivity index (χ3v) is 7.05. The van der Waals surface area contributed by atoms with E-state index in [2.05, 4.69) is 39.8 Å².